The van der Waals surface area contributed by atoms with Gasteiger partial charge in [0.05, 0.1) is 17.1 Å². The van der Waals surface area contributed by atoms with Gasteiger partial charge in [-0.3, -0.25) is 10.1 Å². The summed E-state index contributed by atoms with van der Waals surface area (Å²) in [5.74, 6) is -0.428. The van der Waals surface area contributed by atoms with Crippen molar-refractivity contribution in [1.82, 2.24) is 0 Å². The molecule has 0 atom stereocenters. The van der Waals surface area contributed by atoms with E-state index in [1.807, 2.05) is 0 Å². The van der Waals surface area contributed by atoms with Crippen LogP contribution in [0, 0.1) is 10.1 Å². The van der Waals surface area contributed by atoms with Gasteiger partial charge in [-0.25, -0.2) is 4.79 Å². The summed E-state index contributed by atoms with van der Waals surface area (Å²) >= 11 is 0. The fourth-order valence-corrected chi connectivity index (χ4v) is 1.97. The molecule has 0 saturated heterocycles. The van der Waals surface area contributed by atoms with Crippen LogP contribution in [0.5, 0.6) is 0 Å². The highest BCUT2D eigenvalue weighted by molar-refractivity contribution is 6.76. The van der Waals surface area contributed by atoms with Crippen molar-refractivity contribution < 1.29 is 14.5 Å². The molecule has 1 aromatic carbocycles. The smallest absolute Gasteiger partial charge is 0.338 e. The normalized spacial score (nSPS) is 11.1. The van der Waals surface area contributed by atoms with E-state index in [-0.39, 0.29) is 5.69 Å². The summed E-state index contributed by atoms with van der Waals surface area (Å²) in [4.78, 5) is 21.6. The number of esters is 1. The van der Waals surface area contributed by atoms with Crippen LogP contribution in [0.25, 0.3) is 0 Å². The Morgan fingerprint density at radius 1 is 1.28 bits per heavy atom. The van der Waals surface area contributed by atoms with Crippen LogP contribution in [-0.4, -0.2) is 25.6 Å². The number of non-ortho nitro benzene ring substituents is 1. The first-order valence-corrected chi connectivity index (χ1v) is 9.42. The molecule has 0 aliphatic carbocycles. The van der Waals surface area contributed by atoms with Crippen LogP contribution >= 0.6 is 0 Å². The van der Waals surface area contributed by atoms with E-state index in [1.165, 1.54) is 24.3 Å². The molecule has 0 spiro atoms. The Kier molecular flexibility index (Phi) is 4.60. The van der Waals surface area contributed by atoms with Crippen molar-refractivity contribution in [2.45, 2.75) is 25.7 Å². The number of hydrogen-bond donors (Lipinski definition) is 0. The van der Waals surface area contributed by atoms with Gasteiger partial charge < -0.3 is 4.74 Å². The molecular weight excluding hydrogens is 250 g/mol. The van der Waals surface area contributed by atoms with Crippen LogP contribution in [0.2, 0.25) is 25.7 Å². The predicted octanol–water partition coefficient (Wildman–Crippen LogP) is 3.09. The van der Waals surface area contributed by atoms with Crippen molar-refractivity contribution in [2.24, 2.45) is 0 Å². The van der Waals surface area contributed by atoms with Crippen LogP contribution in [0.15, 0.2) is 24.3 Å². The van der Waals surface area contributed by atoms with E-state index in [2.05, 4.69) is 19.6 Å². The Morgan fingerprint density at radius 3 is 2.28 bits per heavy atom. The summed E-state index contributed by atoms with van der Waals surface area (Å²) in [5.41, 5.74) is 0.310. The van der Waals surface area contributed by atoms with Crippen molar-refractivity contribution in [1.29, 1.82) is 0 Å². The SMILES string of the molecule is C[Si](C)(C)CCOC(=O)c1ccc([N+](=O)[O-])cc1. The second kappa shape index (κ2) is 5.77. The Hall–Kier alpha value is -1.69. The topological polar surface area (TPSA) is 69.4 Å². The third-order valence-electron chi connectivity index (χ3n) is 2.40. The number of carbonyl (C=O) groups is 1. The quantitative estimate of drug-likeness (QED) is 0.356. The zero-order valence-electron chi connectivity index (χ0n) is 10.8. The molecule has 0 aliphatic heterocycles. The van der Waals surface area contributed by atoms with Gasteiger partial charge in [-0.1, -0.05) is 19.6 Å². The van der Waals surface area contributed by atoms with Gasteiger partial charge in [0.1, 0.15) is 0 Å². The maximum Gasteiger partial charge on any atom is 0.338 e. The van der Waals surface area contributed by atoms with Gasteiger partial charge in [0.15, 0.2) is 0 Å². The zero-order valence-corrected chi connectivity index (χ0v) is 11.8. The van der Waals surface area contributed by atoms with Gasteiger partial charge in [0, 0.05) is 20.2 Å². The fourth-order valence-electron chi connectivity index (χ4n) is 1.25. The Morgan fingerprint density at radius 2 is 1.83 bits per heavy atom. The first-order chi connectivity index (χ1) is 8.29. The van der Waals surface area contributed by atoms with Gasteiger partial charge in [-0.2, -0.15) is 0 Å². The lowest BCUT2D eigenvalue weighted by molar-refractivity contribution is -0.384. The molecule has 0 aromatic heterocycles. The lowest BCUT2D eigenvalue weighted by atomic mass is 10.2. The second-order valence-corrected chi connectivity index (χ2v) is 10.9. The van der Waals surface area contributed by atoms with Crippen LogP contribution < -0.4 is 0 Å². The van der Waals surface area contributed by atoms with E-state index < -0.39 is 19.0 Å². The second-order valence-electron chi connectivity index (χ2n) is 5.25. The summed E-state index contributed by atoms with van der Waals surface area (Å²) in [7, 11) is -1.22. The van der Waals surface area contributed by atoms with E-state index >= 15 is 0 Å². The standard InChI is InChI=1S/C12H17NO4Si/c1-18(2,3)9-8-17-12(14)10-4-6-11(7-5-10)13(15)16/h4-7H,8-9H2,1-3H3. The van der Waals surface area contributed by atoms with Crippen molar-refractivity contribution >= 4 is 19.7 Å². The highest BCUT2D eigenvalue weighted by Crippen LogP contribution is 2.13. The van der Waals surface area contributed by atoms with Crippen LogP contribution in [0.3, 0.4) is 0 Å². The third kappa shape index (κ3) is 4.66. The number of rotatable bonds is 5. The summed E-state index contributed by atoms with van der Waals surface area (Å²) in [5, 5.41) is 10.5. The molecule has 5 nitrogen and oxygen atoms in total. The molecule has 0 saturated carbocycles. The molecule has 0 amide bonds. The molecule has 0 radical (unpaired) electrons. The lowest BCUT2D eigenvalue weighted by Gasteiger charge is -2.15. The molecule has 0 aliphatic rings. The number of nitrogens with zero attached hydrogens (tertiary/aromatic N) is 1. The zero-order chi connectivity index (χ0) is 13.8. The van der Waals surface area contributed by atoms with E-state index in [4.69, 9.17) is 4.74 Å². The Balaban J connectivity index is 2.54. The molecular formula is C12H17NO4Si. The van der Waals surface area contributed by atoms with Gasteiger partial charge in [0.25, 0.3) is 5.69 Å². The van der Waals surface area contributed by atoms with Crippen LogP contribution in [0.1, 0.15) is 10.4 Å². The number of benzene rings is 1. The number of nitro benzene ring substituents is 1. The molecule has 0 unspecified atom stereocenters. The first kappa shape index (κ1) is 14.4. The molecule has 18 heavy (non-hydrogen) atoms. The average Bonchev–Trinajstić information content (AvgIpc) is 2.27. The van der Waals surface area contributed by atoms with Crippen molar-refractivity contribution in [3.05, 3.63) is 39.9 Å². The molecule has 0 N–H and O–H groups in total. The van der Waals surface area contributed by atoms with Gasteiger partial charge in [0.2, 0.25) is 0 Å². The molecule has 0 bridgehead atoms. The molecule has 1 aromatic rings. The predicted molar refractivity (Wildman–Crippen MR) is 71.5 cm³/mol. The van der Waals surface area contributed by atoms with Gasteiger partial charge in [-0.05, 0) is 18.2 Å². The number of hydrogen-bond acceptors (Lipinski definition) is 4. The Bertz CT molecular complexity index is 436. The van der Waals surface area contributed by atoms with Gasteiger partial charge >= 0.3 is 5.97 Å². The molecule has 6 heteroatoms. The maximum atomic E-state index is 11.6. The van der Waals surface area contributed by atoms with Crippen LogP contribution in [-0.2, 0) is 4.74 Å². The van der Waals surface area contributed by atoms with E-state index in [1.54, 1.807) is 0 Å². The van der Waals surface area contributed by atoms with E-state index in [0.29, 0.717) is 12.2 Å². The lowest BCUT2D eigenvalue weighted by Crippen LogP contribution is -2.22. The summed E-state index contributed by atoms with van der Waals surface area (Å²) in [6.07, 6.45) is 0. The fraction of sp³-hybridized carbons (Fsp3) is 0.417. The summed E-state index contributed by atoms with van der Waals surface area (Å²) in [6.45, 7) is 7.01. The van der Waals surface area contributed by atoms with Gasteiger partial charge in [-0.15, -0.1) is 0 Å². The highest BCUT2D eigenvalue weighted by atomic mass is 28.3. The maximum absolute atomic E-state index is 11.6. The summed E-state index contributed by atoms with van der Waals surface area (Å²) in [6, 6.07) is 6.33. The Labute approximate surface area is 107 Å². The van der Waals surface area contributed by atoms with Crippen LogP contribution in [0.4, 0.5) is 5.69 Å². The third-order valence-corrected chi connectivity index (χ3v) is 4.10. The van der Waals surface area contributed by atoms with Crippen molar-refractivity contribution in [3.63, 3.8) is 0 Å². The summed E-state index contributed by atoms with van der Waals surface area (Å²) < 4.78 is 5.13. The monoisotopic (exact) mass is 267 g/mol. The van der Waals surface area contributed by atoms with E-state index in [0.717, 1.165) is 6.04 Å². The van der Waals surface area contributed by atoms with E-state index in [9.17, 15) is 14.9 Å². The number of carbonyl (C=O) groups excluding carboxylic acids is 1. The minimum atomic E-state index is -1.22. The number of nitro groups is 1. The minimum Gasteiger partial charge on any atom is -0.462 e. The van der Waals surface area contributed by atoms with Crippen molar-refractivity contribution in [2.75, 3.05) is 6.61 Å². The number of ether oxygens (including phenoxy) is 1. The molecule has 0 fully saturated rings. The highest BCUT2D eigenvalue weighted by Gasteiger charge is 2.15. The minimum absolute atomic E-state index is 0.0337. The van der Waals surface area contributed by atoms with Crippen molar-refractivity contribution in [3.8, 4) is 0 Å². The molecule has 1 rings (SSSR count). The molecule has 0 heterocycles. The molecule has 98 valence electrons. The first-order valence-electron chi connectivity index (χ1n) is 5.71. The average molecular weight is 267 g/mol. The largest absolute Gasteiger partial charge is 0.462 e.